The fourth-order valence-corrected chi connectivity index (χ4v) is 4.84. The SMILES string of the molecule is CC(CC1CC1)NS(=O)(=O)c1csc(CNC2CC2)c1. The highest BCUT2D eigenvalue weighted by molar-refractivity contribution is 7.89. The zero-order valence-corrected chi connectivity index (χ0v) is 13.4. The van der Waals surface area contributed by atoms with Crippen molar-refractivity contribution in [2.45, 2.75) is 62.6 Å². The van der Waals surface area contributed by atoms with Crippen molar-refractivity contribution in [3.8, 4) is 0 Å². The molecule has 112 valence electrons. The van der Waals surface area contributed by atoms with E-state index in [1.54, 1.807) is 11.4 Å². The lowest BCUT2D eigenvalue weighted by atomic mass is 10.2. The molecule has 1 aromatic rings. The van der Waals surface area contributed by atoms with Crippen LogP contribution in [0, 0.1) is 5.92 Å². The summed E-state index contributed by atoms with van der Waals surface area (Å²) in [4.78, 5) is 1.50. The van der Waals surface area contributed by atoms with Gasteiger partial charge < -0.3 is 5.32 Å². The lowest BCUT2D eigenvalue weighted by molar-refractivity contribution is 0.530. The van der Waals surface area contributed by atoms with Gasteiger partial charge in [0.25, 0.3) is 0 Å². The first-order valence-electron chi connectivity index (χ1n) is 7.36. The lowest BCUT2D eigenvalue weighted by Crippen LogP contribution is -2.32. The zero-order valence-electron chi connectivity index (χ0n) is 11.8. The molecule has 0 spiro atoms. The second-order valence-electron chi connectivity index (χ2n) is 6.11. The minimum atomic E-state index is -3.35. The van der Waals surface area contributed by atoms with Gasteiger partial charge in [0.15, 0.2) is 0 Å². The number of thiophene rings is 1. The van der Waals surface area contributed by atoms with Crippen LogP contribution in [0.1, 0.15) is 43.9 Å². The Morgan fingerprint density at radius 1 is 1.35 bits per heavy atom. The molecule has 0 saturated heterocycles. The van der Waals surface area contributed by atoms with Crippen LogP contribution >= 0.6 is 11.3 Å². The van der Waals surface area contributed by atoms with Crippen LogP contribution in [0.3, 0.4) is 0 Å². The molecule has 0 aromatic carbocycles. The summed E-state index contributed by atoms with van der Waals surface area (Å²) in [6, 6.07) is 2.47. The molecule has 2 aliphatic rings. The zero-order chi connectivity index (χ0) is 14.2. The Labute approximate surface area is 125 Å². The summed E-state index contributed by atoms with van der Waals surface area (Å²) in [6.07, 6.45) is 5.95. The molecule has 4 nitrogen and oxygen atoms in total. The molecule has 3 rings (SSSR count). The van der Waals surface area contributed by atoms with Gasteiger partial charge in [-0.3, -0.25) is 0 Å². The van der Waals surface area contributed by atoms with Gasteiger partial charge in [0.05, 0.1) is 4.90 Å². The van der Waals surface area contributed by atoms with Crippen LogP contribution in [0.5, 0.6) is 0 Å². The van der Waals surface area contributed by atoms with Crippen LogP contribution in [0.2, 0.25) is 0 Å². The van der Waals surface area contributed by atoms with E-state index < -0.39 is 10.0 Å². The summed E-state index contributed by atoms with van der Waals surface area (Å²) < 4.78 is 27.4. The van der Waals surface area contributed by atoms with Gasteiger partial charge in [-0.15, -0.1) is 11.3 Å². The average molecular weight is 314 g/mol. The largest absolute Gasteiger partial charge is 0.309 e. The van der Waals surface area contributed by atoms with E-state index in [1.807, 2.05) is 6.92 Å². The van der Waals surface area contributed by atoms with Crippen molar-refractivity contribution in [3.63, 3.8) is 0 Å². The van der Waals surface area contributed by atoms with E-state index in [2.05, 4.69) is 10.0 Å². The van der Waals surface area contributed by atoms with Gasteiger partial charge in [-0.1, -0.05) is 12.8 Å². The highest BCUT2D eigenvalue weighted by atomic mass is 32.2. The molecule has 0 amide bonds. The van der Waals surface area contributed by atoms with E-state index in [-0.39, 0.29) is 6.04 Å². The Kier molecular flexibility index (Phi) is 4.17. The van der Waals surface area contributed by atoms with Crippen molar-refractivity contribution in [2.24, 2.45) is 5.92 Å². The van der Waals surface area contributed by atoms with E-state index in [4.69, 9.17) is 0 Å². The van der Waals surface area contributed by atoms with Crippen LogP contribution in [0.15, 0.2) is 16.3 Å². The van der Waals surface area contributed by atoms with Crippen molar-refractivity contribution in [1.82, 2.24) is 10.0 Å². The monoisotopic (exact) mass is 314 g/mol. The summed E-state index contributed by atoms with van der Waals surface area (Å²) >= 11 is 1.52. The summed E-state index contributed by atoms with van der Waals surface area (Å²) in [5.41, 5.74) is 0. The molecule has 1 atom stereocenters. The third kappa shape index (κ3) is 4.04. The van der Waals surface area contributed by atoms with Crippen LogP contribution in [0.4, 0.5) is 0 Å². The molecule has 2 aliphatic carbocycles. The first-order chi connectivity index (χ1) is 9.53. The molecule has 0 radical (unpaired) electrons. The number of hydrogen-bond donors (Lipinski definition) is 2. The maximum absolute atomic E-state index is 12.3. The summed E-state index contributed by atoms with van der Waals surface area (Å²) in [7, 11) is -3.35. The Morgan fingerprint density at radius 2 is 2.10 bits per heavy atom. The number of hydrogen-bond acceptors (Lipinski definition) is 4. The average Bonchev–Trinajstić information content (AvgIpc) is 3.28. The van der Waals surface area contributed by atoms with E-state index in [0.29, 0.717) is 10.9 Å². The van der Waals surface area contributed by atoms with Crippen molar-refractivity contribution >= 4 is 21.4 Å². The minimum absolute atomic E-state index is 0.0282. The van der Waals surface area contributed by atoms with E-state index in [9.17, 15) is 8.42 Å². The molecule has 2 fully saturated rings. The van der Waals surface area contributed by atoms with Crippen molar-refractivity contribution in [1.29, 1.82) is 0 Å². The Balaban J connectivity index is 1.57. The maximum Gasteiger partial charge on any atom is 0.241 e. The molecule has 20 heavy (non-hydrogen) atoms. The Morgan fingerprint density at radius 3 is 2.75 bits per heavy atom. The first kappa shape index (κ1) is 14.5. The maximum atomic E-state index is 12.3. The molecule has 1 unspecified atom stereocenters. The molecule has 2 saturated carbocycles. The van der Waals surface area contributed by atoms with Crippen LogP contribution in [0.25, 0.3) is 0 Å². The third-order valence-electron chi connectivity index (χ3n) is 3.82. The van der Waals surface area contributed by atoms with Crippen LogP contribution < -0.4 is 10.0 Å². The highest BCUT2D eigenvalue weighted by Crippen LogP contribution is 2.33. The summed E-state index contributed by atoms with van der Waals surface area (Å²) in [5, 5.41) is 5.15. The van der Waals surface area contributed by atoms with Crippen molar-refractivity contribution < 1.29 is 8.42 Å². The molecule has 6 heteroatoms. The normalized spacial score (nSPS) is 21.1. The second-order valence-corrected chi connectivity index (χ2v) is 8.82. The Bertz CT molecular complexity index is 559. The van der Waals surface area contributed by atoms with Gasteiger partial charge in [-0.25, -0.2) is 13.1 Å². The Hall–Kier alpha value is -0.430. The molecular weight excluding hydrogens is 292 g/mol. The summed E-state index contributed by atoms with van der Waals surface area (Å²) in [6.45, 7) is 2.74. The van der Waals surface area contributed by atoms with Gasteiger partial charge in [-0.2, -0.15) is 0 Å². The van der Waals surface area contributed by atoms with Gasteiger partial charge in [0.2, 0.25) is 10.0 Å². The van der Waals surface area contributed by atoms with Crippen LogP contribution in [-0.4, -0.2) is 20.5 Å². The van der Waals surface area contributed by atoms with Gasteiger partial charge in [0, 0.05) is 28.9 Å². The number of nitrogens with one attached hydrogen (secondary N) is 2. The molecule has 1 aromatic heterocycles. The van der Waals surface area contributed by atoms with Gasteiger partial charge in [-0.05, 0) is 38.2 Å². The predicted octanol–water partition coefficient (Wildman–Crippen LogP) is 2.47. The molecular formula is C14H22N2O2S2. The molecule has 2 N–H and O–H groups in total. The molecule has 0 bridgehead atoms. The third-order valence-corrected chi connectivity index (χ3v) is 6.48. The van der Waals surface area contributed by atoms with Crippen molar-refractivity contribution in [3.05, 3.63) is 16.3 Å². The van der Waals surface area contributed by atoms with Crippen LogP contribution in [-0.2, 0) is 16.6 Å². The molecule has 0 aliphatic heterocycles. The lowest BCUT2D eigenvalue weighted by Gasteiger charge is -2.12. The standard InChI is InChI=1S/C14H22N2O2S2/c1-10(6-11-2-3-11)16-20(17,18)14-7-13(19-9-14)8-15-12-4-5-12/h7,9-12,15-16H,2-6,8H2,1H3. The van der Waals surface area contributed by atoms with E-state index in [0.717, 1.165) is 23.8 Å². The van der Waals surface area contributed by atoms with Crippen molar-refractivity contribution in [2.75, 3.05) is 0 Å². The van der Waals surface area contributed by atoms with E-state index >= 15 is 0 Å². The number of sulfonamides is 1. The van der Waals surface area contributed by atoms with Gasteiger partial charge in [0.1, 0.15) is 0 Å². The minimum Gasteiger partial charge on any atom is -0.309 e. The second kappa shape index (κ2) is 5.75. The number of rotatable bonds is 8. The highest BCUT2D eigenvalue weighted by Gasteiger charge is 2.27. The smallest absolute Gasteiger partial charge is 0.241 e. The summed E-state index contributed by atoms with van der Waals surface area (Å²) in [5.74, 6) is 0.730. The molecule has 1 heterocycles. The fraction of sp³-hybridized carbons (Fsp3) is 0.714. The predicted molar refractivity (Wildman–Crippen MR) is 81.3 cm³/mol. The van der Waals surface area contributed by atoms with Gasteiger partial charge >= 0.3 is 0 Å². The quantitative estimate of drug-likeness (QED) is 0.775. The first-order valence-corrected chi connectivity index (χ1v) is 9.72. The topological polar surface area (TPSA) is 58.2 Å². The van der Waals surface area contributed by atoms with E-state index in [1.165, 1.54) is 37.0 Å². The fourth-order valence-electron chi connectivity index (χ4n) is 2.36.